The Morgan fingerprint density at radius 1 is 1.43 bits per heavy atom. The van der Waals surface area contributed by atoms with Gasteiger partial charge in [0.1, 0.15) is 5.76 Å². The Morgan fingerprint density at radius 3 is 2.76 bits per heavy atom. The molecule has 4 N–H and O–H groups in total. The first-order chi connectivity index (χ1) is 9.91. The highest BCUT2D eigenvalue weighted by Gasteiger charge is 2.22. The van der Waals surface area contributed by atoms with Gasteiger partial charge in [-0.25, -0.2) is 4.98 Å². The highest BCUT2D eigenvalue weighted by atomic mass is 32.2. The van der Waals surface area contributed by atoms with Gasteiger partial charge in [-0.3, -0.25) is 0 Å². The van der Waals surface area contributed by atoms with Gasteiger partial charge in [0.15, 0.2) is 11.7 Å². The maximum absolute atomic E-state index is 11.2. The largest absolute Gasteiger partial charge is 0.428 e. The number of nitrogens with zero attached hydrogens (tertiary/aromatic N) is 3. The van der Waals surface area contributed by atoms with Gasteiger partial charge in [0.25, 0.3) is 6.01 Å². The summed E-state index contributed by atoms with van der Waals surface area (Å²) < 4.78 is 34.7. The van der Waals surface area contributed by atoms with Crippen LogP contribution in [0.15, 0.2) is 19.4 Å². The summed E-state index contributed by atoms with van der Waals surface area (Å²) in [7, 11) is -2.16. The van der Waals surface area contributed by atoms with Crippen molar-refractivity contribution in [1.82, 2.24) is 15.6 Å². The lowest BCUT2D eigenvalue weighted by atomic mass is 10.4. The molecule has 1 unspecified atom stereocenters. The number of rotatable bonds is 5. The van der Waals surface area contributed by atoms with Gasteiger partial charge in [0, 0.05) is 19.3 Å². The van der Waals surface area contributed by atoms with Gasteiger partial charge in [0.05, 0.1) is 11.4 Å². The van der Waals surface area contributed by atoms with Crippen molar-refractivity contribution in [3.05, 3.63) is 12.0 Å². The molecular formula is C10H16N6O3S2. The van der Waals surface area contributed by atoms with Crippen LogP contribution in [0.25, 0.3) is 0 Å². The standard InChI is InChI=1S/C10H16N6O3S2/c1-6(7-5-14-10(11)19-7)20-4-3-13-9-8(12-2)15-21(17,18)16-9/h5-6H,3-4H2,1-2H3,(H2,11,14)(H,12,15)(H,13,16). The second-order valence-corrected chi connectivity index (χ2v) is 6.83. The van der Waals surface area contributed by atoms with Crippen LogP contribution < -0.4 is 16.4 Å². The number of anilines is 1. The van der Waals surface area contributed by atoms with Gasteiger partial charge >= 0.3 is 10.2 Å². The van der Waals surface area contributed by atoms with Gasteiger partial charge in [-0.05, 0) is 6.92 Å². The molecule has 1 atom stereocenters. The minimum absolute atomic E-state index is 0.100. The molecule has 0 saturated heterocycles. The fourth-order valence-electron chi connectivity index (χ4n) is 1.59. The Labute approximate surface area is 126 Å². The van der Waals surface area contributed by atoms with E-state index in [2.05, 4.69) is 24.4 Å². The average Bonchev–Trinajstić information content (AvgIpc) is 2.97. The minimum Gasteiger partial charge on any atom is -0.428 e. The van der Waals surface area contributed by atoms with Gasteiger partial charge < -0.3 is 20.8 Å². The number of likely N-dealkylation sites (N-methyl/N-ethyl adjacent to an activating group) is 1. The third-order valence-corrected chi connectivity index (χ3v) is 4.58. The van der Waals surface area contributed by atoms with Crippen molar-refractivity contribution in [2.45, 2.75) is 12.2 Å². The maximum Gasteiger partial charge on any atom is 0.367 e. The van der Waals surface area contributed by atoms with E-state index in [1.165, 1.54) is 0 Å². The van der Waals surface area contributed by atoms with E-state index < -0.39 is 10.2 Å². The molecule has 0 fully saturated rings. The van der Waals surface area contributed by atoms with E-state index in [4.69, 9.17) is 10.2 Å². The molecule has 0 radical (unpaired) electrons. The first kappa shape index (κ1) is 15.6. The summed E-state index contributed by atoms with van der Waals surface area (Å²) in [4.78, 5) is 3.84. The van der Waals surface area contributed by atoms with Crippen LogP contribution in [0.4, 0.5) is 6.01 Å². The van der Waals surface area contributed by atoms with E-state index in [1.807, 2.05) is 6.92 Å². The number of thioether (sulfide) groups is 1. The molecule has 21 heavy (non-hydrogen) atoms. The number of nitrogen functional groups attached to an aromatic ring is 1. The van der Waals surface area contributed by atoms with Crippen LogP contribution in [-0.4, -0.2) is 44.4 Å². The van der Waals surface area contributed by atoms with Crippen molar-refractivity contribution in [3.63, 3.8) is 0 Å². The van der Waals surface area contributed by atoms with Crippen molar-refractivity contribution in [1.29, 1.82) is 0 Å². The monoisotopic (exact) mass is 332 g/mol. The zero-order valence-electron chi connectivity index (χ0n) is 11.5. The van der Waals surface area contributed by atoms with Crippen LogP contribution in [-0.2, 0) is 10.2 Å². The fourth-order valence-corrected chi connectivity index (χ4v) is 3.27. The molecule has 116 valence electrons. The van der Waals surface area contributed by atoms with Crippen LogP contribution in [0.5, 0.6) is 0 Å². The van der Waals surface area contributed by atoms with E-state index >= 15 is 0 Å². The van der Waals surface area contributed by atoms with Crippen LogP contribution in [0.2, 0.25) is 0 Å². The fraction of sp³-hybridized carbons (Fsp3) is 0.500. The Balaban J connectivity index is 1.79. The van der Waals surface area contributed by atoms with E-state index in [0.29, 0.717) is 12.3 Å². The molecular weight excluding hydrogens is 316 g/mol. The summed E-state index contributed by atoms with van der Waals surface area (Å²) in [6, 6.07) is 0.149. The topological polar surface area (TPSA) is 135 Å². The molecule has 1 aliphatic rings. The van der Waals surface area contributed by atoms with Gasteiger partial charge in [-0.15, -0.1) is 20.6 Å². The highest BCUT2D eigenvalue weighted by molar-refractivity contribution is 7.99. The lowest BCUT2D eigenvalue weighted by Crippen LogP contribution is -2.37. The predicted octanol–water partition coefficient (Wildman–Crippen LogP) is -0.0846. The average molecular weight is 332 g/mol. The molecule has 0 saturated carbocycles. The van der Waals surface area contributed by atoms with Crippen molar-refractivity contribution in [2.24, 2.45) is 8.80 Å². The third kappa shape index (κ3) is 4.11. The Bertz CT molecular complexity index is 666. The van der Waals surface area contributed by atoms with Gasteiger partial charge in [0.2, 0.25) is 0 Å². The highest BCUT2D eigenvalue weighted by Crippen LogP contribution is 2.28. The molecule has 2 rings (SSSR count). The summed E-state index contributed by atoms with van der Waals surface area (Å²) >= 11 is 1.62. The summed E-state index contributed by atoms with van der Waals surface area (Å²) in [5.41, 5.74) is 5.42. The molecule has 0 spiro atoms. The van der Waals surface area contributed by atoms with E-state index in [1.54, 1.807) is 25.0 Å². The summed E-state index contributed by atoms with van der Waals surface area (Å²) in [5.74, 6) is 1.87. The SMILES string of the molecule is CNC1=NS(=O)(=O)N=C1NCCSC(C)c1cnc(N)o1. The molecule has 9 nitrogen and oxygen atoms in total. The lowest BCUT2D eigenvalue weighted by Gasteiger charge is -2.09. The van der Waals surface area contributed by atoms with E-state index in [-0.39, 0.29) is 22.9 Å². The lowest BCUT2D eigenvalue weighted by molar-refractivity contribution is 0.526. The molecule has 1 aromatic rings. The van der Waals surface area contributed by atoms with E-state index in [0.717, 1.165) is 5.75 Å². The molecule has 0 aliphatic carbocycles. The number of nitrogens with two attached hydrogens (primary N) is 1. The Hall–Kier alpha value is -1.75. The molecule has 0 aromatic carbocycles. The molecule has 0 amide bonds. The summed E-state index contributed by atoms with van der Waals surface area (Å²) in [6.07, 6.45) is 1.60. The van der Waals surface area contributed by atoms with Crippen LogP contribution in [0.1, 0.15) is 17.9 Å². The predicted molar refractivity (Wildman–Crippen MR) is 82.6 cm³/mol. The second-order valence-electron chi connectivity index (χ2n) is 4.12. The quantitative estimate of drug-likeness (QED) is 0.637. The number of nitrogens with one attached hydrogen (secondary N) is 2. The Morgan fingerprint density at radius 2 is 2.14 bits per heavy atom. The smallest absolute Gasteiger partial charge is 0.367 e. The zero-order valence-corrected chi connectivity index (χ0v) is 13.2. The van der Waals surface area contributed by atoms with Crippen LogP contribution in [0.3, 0.4) is 0 Å². The number of amidine groups is 2. The number of oxazole rings is 1. The van der Waals surface area contributed by atoms with Crippen molar-refractivity contribution >= 4 is 39.7 Å². The molecule has 11 heteroatoms. The minimum atomic E-state index is -3.74. The Kier molecular flexibility index (Phi) is 4.73. The van der Waals surface area contributed by atoms with Crippen molar-refractivity contribution < 1.29 is 12.8 Å². The van der Waals surface area contributed by atoms with Crippen molar-refractivity contribution in [2.75, 3.05) is 25.1 Å². The molecule has 1 aromatic heterocycles. The molecule has 1 aliphatic heterocycles. The second kappa shape index (κ2) is 6.35. The molecule has 2 heterocycles. The number of hydrogen-bond donors (Lipinski definition) is 3. The zero-order chi connectivity index (χ0) is 15.5. The van der Waals surface area contributed by atoms with E-state index in [9.17, 15) is 8.42 Å². The normalized spacial score (nSPS) is 18.0. The van der Waals surface area contributed by atoms with Gasteiger partial charge in [-0.1, -0.05) is 0 Å². The summed E-state index contributed by atoms with van der Waals surface area (Å²) in [6.45, 7) is 2.51. The third-order valence-electron chi connectivity index (χ3n) is 2.58. The first-order valence-corrected chi connectivity index (χ1v) is 8.55. The maximum atomic E-state index is 11.2. The molecule has 0 bridgehead atoms. The first-order valence-electron chi connectivity index (χ1n) is 6.11. The summed E-state index contributed by atoms with van der Waals surface area (Å²) in [5, 5.41) is 5.72. The van der Waals surface area contributed by atoms with Crippen LogP contribution in [0, 0.1) is 0 Å². The van der Waals surface area contributed by atoms with Crippen LogP contribution >= 0.6 is 11.8 Å². The number of hydrogen-bond acceptors (Lipinski definition) is 8. The van der Waals surface area contributed by atoms with Crippen molar-refractivity contribution in [3.8, 4) is 0 Å². The van der Waals surface area contributed by atoms with Gasteiger partial charge in [-0.2, -0.15) is 8.42 Å². The number of aromatic nitrogens is 1.